The second-order valence-electron chi connectivity index (χ2n) is 10.9. The highest BCUT2D eigenvalue weighted by Gasteiger charge is 2.64. The number of fused-ring (bicyclic) bond motifs is 5. The van der Waals surface area contributed by atoms with E-state index in [9.17, 15) is 14.7 Å². The summed E-state index contributed by atoms with van der Waals surface area (Å²) in [7, 11) is 0. The Kier molecular flexibility index (Phi) is 6.22. The summed E-state index contributed by atoms with van der Waals surface area (Å²) in [5, 5.41) is 11.2. The number of aliphatic hydroxyl groups is 1. The first kappa shape index (κ1) is 22.1. The van der Waals surface area contributed by atoms with E-state index in [-0.39, 0.29) is 17.3 Å². The summed E-state index contributed by atoms with van der Waals surface area (Å²) in [6.45, 7) is 5.76. The van der Waals surface area contributed by atoms with Crippen LogP contribution in [0.4, 0.5) is 0 Å². The van der Waals surface area contributed by atoms with Crippen LogP contribution in [0.5, 0.6) is 0 Å². The Hall–Kier alpha value is -1.10. The second-order valence-corrected chi connectivity index (χ2v) is 10.9. The van der Waals surface area contributed by atoms with Gasteiger partial charge in [0.1, 0.15) is 0 Å². The molecule has 0 saturated heterocycles. The molecule has 4 aliphatic rings. The van der Waals surface area contributed by atoms with Crippen molar-refractivity contribution >= 4 is 11.9 Å². The Balaban J connectivity index is 1.60. The van der Waals surface area contributed by atoms with E-state index in [2.05, 4.69) is 6.92 Å². The Morgan fingerprint density at radius 3 is 2.50 bits per heavy atom. The number of carbonyl (C=O) groups is 2. The predicted molar refractivity (Wildman–Crippen MR) is 113 cm³/mol. The molecule has 30 heavy (non-hydrogen) atoms. The molecule has 4 saturated carbocycles. The minimum Gasteiger partial charge on any atom is -0.466 e. The van der Waals surface area contributed by atoms with Crippen LogP contribution in [0.1, 0.15) is 91.4 Å². The quantitative estimate of drug-likeness (QED) is 0.508. The van der Waals surface area contributed by atoms with Gasteiger partial charge in [0.05, 0.1) is 6.61 Å². The number of carbonyl (C=O) groups excluding carboxylic acids is 2. The number of ether oxygens (including phenoxy) is 2. The Bertz CT molecular complexity index is 662. The maximum atomic E-state index is 11.8. The van der Waals surface area contributed by atoms with Crippen molar-refractivity contribution in [1.82, 2.24) is 0 Å². The lowest BCUT2D eigenvalue weighted by Crippen LogP contribution is -2.57. The molecule has 1 N–H and O–H groups in total. The van der Waals surface area contributed by atoms with Crippen LogP contribution in [0.2, 0.25) is 0 Å². The lowest BCUT2D eigenvalue weighted by atomic mass is 9.44. The molecule has 5 nitrogen and oxygen atoms in total. The molecule has 4 aliphatic carbocycles. The third-order valence-corrected chi connectivity index (χ3v) is 9.85. The SMILES string of the molecule is CC(=O)OCC[C@H]1CC[C@H]2[C@@H]3CC[C@H]4CCCC[C@]4(C)[C@H]3CC[C@]12C(O)OC(C)=O. The molecule has 4 rings (SSSR count). The summed E-state index contributed by atoms with van der Waals surface area (Å²) in [6, 6.07) is 0. The maximum absolute atomic E-state index is 11.8. The molecule has 0 aromatic rings. The third-order valence-electron chi connectivity index (χ3n) is 9.85. The van der Waals surface area contributed by atoms with Crippen molar-refractivity contribution in [3.05, 3.63) is 0 Å². The molecule has 0 aromatic carbocycles. The van der Waals surface area contributed by atoms with Crippen LogP contribution in [-0.2, 0) is 19.1 Å². The van der Waals surface area contributed by atoms with Crippen molar-refractivity contribution < 1.29 is 24.2 Å². The van der Waals surface area contributed by atoms with E-state index in [4.69, 9.17) is 9.47 Å². The zero-order valence-corrected chi connectivity index (χ0v) is 19.0. The molecular formula is C25H40O5. The van der Waals surface area contributed by atoms with Gasteiger partial charge in [-0.15, -0.1) is 0 Å². The van der Waals surface area contributed by atoms with Gasteiger partial charge in [0.2, 0.25) is 6.29 Å². The van der Waals surface area contributed by atoms with Crippen LogP contribution in [0.25, 0.3) is 0 Å². The summed E-state index contributed by atoms with van der Waals surface area (Å²) in [6.07, 6.45) is 11.9. The highest BCUT2D eigenvalue weighted by Crippen LogP contribution is 2.68. The Labute approximate surface area is 181 Å². The normalized spacial score (nSPS) is 43.7. The zero-order valence-electron chi connectivity index (χ0n) is 19.0. The fraction of sp³-hybridized carbons (Fsp3) is 0.920. The summed E-state index contributed by atoms with van der Waals surface area (Å²) in [4.78, 5) is 23.0. The van der Waals surface area contributed by atoms with Gasteiger partial charge < -0.3 is 14.6 Å². The number of esters is 2. The average molecular weight is 421 g/mol. The first-order chi connectivity index (χ1) is 14.3. The molecule has 0 heterocycles. The minimum absolute atomic E-state index is 0.231. The van der Waals surface area contributed by atoms with Crippen LogP contribution < -0.4 is 0 Å². The third kappa shape index (κ3) is 3.59. The van der Waals surface area contributed by atoms with Crippen molar-refractivity contribution in [1.29, 1.82) is 0 Å². The largest absolute Gasteiger partial charge is 0.466 e. The summed E-state index contributed by atoms with van der Waals surface area (Å²) < 4.78 is 10.7. The molecule has 0 spiro atoms. The molecule has 4 fully saturated rings. The molecule has 0 aliphatic heterocycles. The Morgan fingerprint density at radius 2 is 1.77 bits per heavy atom. The molecule has 0 amide bonds. The van der Waals surface area contributed by atoms with Crippen LogP contribution in [-0.4, -0.2) is 29.9 Å². The van der Waals surface area contributed by atoms with Gasteiger partial charge in [0.15, 0.2) is 0 Å². The average Bonchev–Trinajstić information content (AvgIpc) is 3.07. The van der Waals surface area contributed by atoms with E-state index in [1.54, 1.807) is 0 Å². The lowest BCUT2D eigenvalue weighted by Gasteiger charge is -2.61. The van der Waals surface area contributed by atoms with Crippen molar-refractivity contribution in [3.63, 3.8) is 0 Å². The number of hydrogen-bond acceptors (Lipinski definition) is 5. The molecule has 0 radical (unpaired) electrons. The van der Waals surface area contributed by atoms with E-state index in [1.807, 2.05) is 0 Å². The van der Waals surface area contributed by atoms with Crippen molar-refractivity contribution in [2.45, 2.75) is 97.7 Å². The van der Waals surface area contributed by atoms with Gasteiger partial charge in [-0.05, 0) is 92.8 Å². The van der Waals surface area contributed by atoms with E-state index in [1.165, 1.54) is 52.4 Å². The van der Waals surface area contributed by atoms with Crippen molar-refractivity contribution in [3.8, 4) is 0 Å². The molecular weight excluding hydrogens is 380 g/mol. The van der Waals surface area contributed by atoms with Gasteiger partial charge in [-0.3, -0.25) is 9.59 Å². The van der Waals surface area contributed by atoms with Gasteiger partial charge in [0, 0.05) is 19.3 Å². The predicted octanol–water partition coefficient (Wildman–Crippen LogP) is 4.85. The zero-order chi connectivity index (χ0) is 21.5. The van der Waals surface area contributed by atoms with Crippen molar-refractivity contribution in [2.75, 3.05) is 6.61 Å². The molecule has 0 aromatic heterocycles. The first-order valence-corrected chi connectivity index (χ1v) is 12.3. The van der Waals surface area contributed by atoms with Crippen LogP contribution >= 0.6 is 0 Å². The molecule has 170 valence electrons. The van der Waals surface area contributed by atoms with E-state index < -0.39 is 12.3 Å². The standard InChI is InChI=1S/C25H40O5/c1-16(26)29-15-12-19-8-10-22-20-9-7-18-6-4-5-13-24(18,3)21(20)11-14-25(19,22)23(28)30-17(2)27/h18-23,28H,4-15H2,1-3H3/t18-,19-,20-,21+,22+,23?,24+,25+/m1/s1. The van der Waals surface area contributed by atoms with Gasteiger partial charge in [-0.1, -0.05) is 19.8 Å². The van der Waals surface area contributed by atoms with Crippen LogP contribution in [0, 0.1) is 40.4 Å². The van der Waals surface area contributed by atoms with Gasteiger partial charge in [0.25, 0.3) is 0 Å². The monoisotopic (exact) mass is 420 g/mol. The molecule has 0 bridgehead atoms. The minimum atomic E-state index is -1.05. The highest BCUT2D eigenvalue weighted by atomic mass is 16.6. The van der Waals surface area contributed by atoms with Gasteiger partial charge in [-0.25, -0.2) is 0 Å². The summed E-state index contributed by atoms with van der Waals surface area (Å²) in [5.74, 6) is 2.16. The molecule has 1 unspecified atom stereocenters. The van der Waals surface area contributed by atoms with Gasteiger partial charge >= 0.3 is 11.9 Å². The topological polar surface area (TPSA) is 72.8 Å². The van der Waals surface area contributed by atoms with E-state index >= 15 is 0 Å². The number of hydrogen-bond donors (Lipinski definition) is 1. The maximum Gasteiger partial charge on any atom is 0.304 e. The van der Waals surface area contributed by atoms with E-state index in [0.717, 1.165) is 43.9 Å². The van der Waals surface area contributed by atoms with Crippen LogP contribution in [0.15, 0.2) is 0 Å². The van der Waals surface area contributed by atoms with Gasteiger partial charge in [-0.2, -0.15) is 0 Å². The Morgan fingerprint density at radius 1 is 0.967 bits per heavy atom. The second kappa shape index (κ2) is 8.44. The fourth-order valence-corrected chi connectivity index (χ4v) is 8.66. The number of rotatable bonds is 5. The molecule has 8 atom stereocenters. The number of aliphatic hydroxyl groups excluding tert-OH is 1. The summed E-state index contributed by atoms with van der Waals surface area (Å²) in [5.41, 5.74) is 0.0559. The fourth-order valence-electron chi connectivity index (χ4n) is 8.66. The molecule has 5 heteroatoms. The lowest BCUT2D eigenvalue weighted by molar-refractivity contribution is -0.233. The smallest absolute Gasteiger partial charge is 0.304 e. The van der Waals surface area contributed by atoms with Crippen molar-refractivity contribution in [2.24, 2.45) is 40.4 Å². The first-order valence-electron chi connectivity index (χ1n) is 12.3. The van der Waals surface area contributed by atoms with Crippen LogP contribution in [0.3, 0.4) is 0 Å². The van der Waals surface area contributed by atoms with E-state index in [0.29, 0.717) is 23.9 Å². The highest BCUT2D eigenvalue weighted by molar-refractivity contribution is 5.66. The summed E-state index contributed by atoms with van der Waals surface area (Å²) >= 11 is 0.